The van der Waals surface area contributed by atoms with Gasteiger partial charge in [-0.05, 0) is 6.42 Å². The van der Waals surface area contributed by atoms with Gasteiger partial charge in [0.15, 0.2) is 5.78 Å². The minimum absolute atomic E-state index is 0.123. The molecule has 0 saturated carbocycles. The van der Waals surface area contributed by atoms with Crippen molar-refractivity contribution in [1.82, 2.24) is 0 Å². The van der Waals surface area contributed by atoms with Crippen LogP contribution in [0.15, 0.2) is 15.3 Å². The Morgan fingerprint density at radius 2 is 2.22 bits per heavy atom. The molecule has 5 heteroatoms. The molecule has 0 aliphatic carbocycles. The lowest BCUT2D eigenvalue weighted by Gasteiger charge is -2.09. The van der Waals surface area contributed by atoms with Crippen molar-refractivity contribution < 1.29 is 19.1 Å². The first kappa shape index (κ1) is 14.2. The van der Waals surface area contributed by atoms with Gasteiger partial charge in [-0.2, -0.15) is 0 Å². The van der Waals surface area contributed by atoms with Crippen LogP contribution >= 0.6 is 0 Å². The Kier molecular flexibility index (Phi) is 4.83. The van der Waals surface area contributed by atoms with E-state index in [0.717, 1.165) is 6.29 Å². The zero-order valence-corrected chi connectivity index (χ0v) is 10.4. The van der Waals surface area contributed by atoms with Crippen LogP contribution in [0.1, 0.15) is 55.1 Å². The first-order chi connectivity index (χ1) is 8.51. The number of carbonyl (C=O) groups is 2. The third-order valence-electron chi connectivity index (χ3n) is 2.75. The molecule has 0 aliphatic heterocycles. The fourth-order valence-corrected chi connectivity index (χ4v) is 1.64. The van der Waals surface area contributed by atoms with E-state index >= 15 is 0 Å². The van der Waals surface area contributed by atoms with Crippen LogP contribution in [0.25, 0.3) is 0 Å². The summed E-state index contributed by atoms with van der Waals surface area (Å²) >= 11 is 0. The third-order valence-corrected chi connectivity index (χ3v) is 2.75. The summed E-state index contributed by atoms with van der Waals surface area (Å²) < 4.78 is 5.02. The SMILES string of the molecule is CCC(=O)c1c(O)cc(C(C)CCC=O)oc1=O. The van der Waals surface area contributed by atoms with Gasteiger partial charge >= 0.3 is 5.63 Å². The molecule has 18 heavy (non-hydrogen) atoms. The highest BCUT2D eigenvalue weighted by Gasteiger charge is 2.19. The van der Waals surface area contributed by atoms with Crippen molar-refractivity contribution in [3.05, 3.63) is 27.8 Å². The van der Waals surface area contributed by atoms with Crippen LogP contribution in [-0.2, 0) is 4.79 Å². The van der Waals surface area contributed by atoms with Gasteiger partial charge in [-0.3, -0.25) is 4.79 Å². The molecule has 98 valence electrons. The maximum absolute atomic E-state index is 11.6. The molecule has 1 N–H and O–H groups in total. The van der Waals surface area contributed by atoms with Crippen LogP contribution in [0.4, 0.5) is 0 Å². The summed E-state index contributed by atoms with van der Waals surface area (Å²) in [5.74, 6) is -0.689. The number of hydrogen-bond donors (Lipinski definition) is 1. The predicted molar refractivity (Wildman–Crippen MR) is 65.0 cm³/mol. The highest BCUT2D eigenvalue weighted by Crippen LogP contribution is 2.24. The molecule has 0 radical (unpaired) electrons. The normalized spacial score (nSPS) is 12.1. The van der Waals surface area contributed by atoms with Crippen molar-refractivity contribution in [3.63, 3.8) is 0 Å². The van der Waals surface area contributed by atoms with Crippen molar-refractivity contribution >= 4 is 12.1 Å². The van der Waals surface area contributed by atoms with E-state index in [1.165, 1.54) is 6.07 Å². The van der Waals surface area contributed by atoms with Crippen LogP contribution in [0.3, 0.4) is 0 Å². The summed E-state index contributed by atoms with van der Waals surface area (Å²) in [5.41, 5.74) is -1.13. The van der Waals surface area contributed by atoms with Crippen LogP contribution in [-0.4, -0.2) is 17.2 Å². The van der Waals surface area contributed by atoms with Crippen LogP contribution in [0.2, 0.25) is 0 Å². The van der Waals surface area contributed by atoms with Gasteiger partial charge in [-0.15, -0.1) is 0 Å². The van der Waals surface area contributed by atoms with E-state index in [2.05, 4.69) is 0 Å². The van der Waals surface area contributed by atoms with Gasteiger partial charge < -0.3 is 14.3 Å². The Labute approximate surface area is 104 Å². The standard InChI is InChI=1S/C13H16O5/c1-3-9(15)12-10(16)7-11(18-13(12)17)8(2)5-4-6-14/h6-8,16H,3-5H2,1-2H3. The van der Waals surface area contributed by atoms with Crippen molar-refractivity contribution in [2.75, 3.05) is 0 Å². The Bertz CT molecular complexity index is 501. The number of carbonyl (C=O) groups excluding carboxylic acids is 2. The van der Waals surface area contributed by atoms with Gasteiger partial charge in [0.05, 0.1) is 0 Å². The maximum atomic E-state index is 11.6. The fourth-order valence-electron chi connectivity index (χ4n) is 1.64. The number of ketones is 1. The average Bonchev–Trinajstić information content (AvgIpc) is 2.34. The Morgan fingerprint density at radius 3 is 2.72 bits per heavy atom. The molecule has 1 atom stereocenters. The first-order valence-corrected chi connectivity index (χ1v) is 5.85. The molecule has 1 heterocycles. The lowest BCUT2D eigenvalue weighted by molar-refractivity contribution is -0.108. The van der Waals surface area contributed by atoms with Crippen LogP contribution < -0.4 is 5.63 Å². The third kappa shape index (κ3) is 3.06. The zero-order valence-electron chi connectivity index (χ0n) is 10.4. The quantitative estimate of drug-likeness (QED) is 0.618. The Balaban J connectivity index is 3.10. The summed E-state index contributed by atoms with van der Waals surface area (Å²) in [6, 6.07) is 1.28. The van der Waals surface area contributed by atoms with Crippen molar-refractivity contribution in [1.29, 1.82) is 0 Å². The molecule has 0 spiro atoms. The fraction of sp³-hybridized carbons (Fsp3) is 0.462. The van der Waals surface area contributed by atoms with Gasteiger partial charge in [0.2, 0.25) is 0 Å². The van der Waals surface area contributed by atoms with Crippen molar-refractivity contribution in [2.45, 2.75) is 39.0 Å². The van der Waals surface area contributed by atoms with Crippen molar-refractivity contribution in [2.24, 2.45) is 0 Å². The summed E-state index contributed by atoms with van der Waals surface area (Å²) in [4.78, 5) is 33.3. The lowest BCUT2D eigenvalue weighted by atomic mass is 10.0. The minimum Gasteiger partial charge on any atom is -0.507 e. The zero-order chi connectivity index (χ0) is 13.7. The lowest BCUT2D eigenvalue weighted by Crippen LogP contribution is -2.15. The highest BCUT2D eigenvalue weighted by atomic mass is 16.4. The Hall–Kier alpha value is -1.91. The summed E-state index contributed by atoms with van der Waals surface area (Å²) in [6.07, 6.45) is 1.77. The summed E-state index contributed by atoms with van der Waals surface area (Å²) in [6.45, 7) is 3.38. The van der Waals surface area contributed by atoms with E-state index in [-0.39, 0.29) is 29.4 Å². The molecule has 1 rings (SSSR count). The topological polar surface area (TPSA) is 84.6 Å². The molecule has 0 fully saturated rings. The molecule has 1 unspecified atom stereocenters. The molecule has 1 aromatic heterocycles. The van der Waals surface area contributed by atoms with Crippen molar-refractivity contribution in [3.8, 4) is 5.75 Å². The smallest absolute Gasteiger partial charge is 0.350 e. The molecule has 1 aromatic rings. The Morgan fingerprint density at radius 1 is 1.56 bits per heavy atom. The second-order valence-corrected chi connectivity index (χ2v) is 4.12. The van der Waals surface area contributed by atoms with Crippen LogP contribution in [0, 0.1) is 0 Å². The molecule has 0 aromatic carbocycles. The number of aromatic hydroxyl groups is 1. The highest BCUT2D eigenvalue weighted by molar-refractivity contribution is 5.97. The average molecular weight is 252 g/mol. The molecule has 0 amide bonds. The predicted octanol–water partition coefficient (Wildman–Crippen LogP) is 2.02. The van der Waals surface area contributed by atoms with Crippen LogP contribution in [0.5, 0.6) is 5.75 Å². The monoisotopic (exact) mass is 252 g/mol. The molecule has 0 saturated heterocycles. The van der Waals surface area contributed by atoms with E-state index < -0.39 is 11.4 Å². The number of hydrogen-bond acceptors (Lipinski definition) is 5. The second kappa shape index (κ2) is 6.14. The van der Waals surface area contributed by atoms with Gasteiger partial charge in [0.1, 0.15) is 23.4 Å². The maximum Gasteiger partial charge on any atom is 0.350 e. The number of aldehydes is 1. The largest absolute Gasteiger partial charge is 0.507 e. The van der Waals surface area contributed by atoms with E-state index in [9.17, 15) is 19.5 Å². The second-order valence-electron chi connectivity index (χ2n) is 4.12. The van der Waals surface area contributed by atoms with E-state index in [0.29, 0.717) is 12.8 Å². The summed E-state index contributed by atoms with van der Waals surface area (Å²) in [5, 5.41) is 9.70. The van der Waals surface area contributed by atoms with E-state index in [4.69, 9.17) is 4.42 Å². The van der Waals surface area contributed by atoms with E-state index in [1.807, 2.05) is 0 Å². The molecule has 0 aliphatic rings. The van der Waals surface area contributed by atoms with E-state index in [1.54, 1.807) is 13.8 Å². The minimum atomic E-state index is -0.824. The number of rotatable bonds is 6. The first-order valence-electron chi connectivity index (χ1n) is 5.85. The summed E-state index contributed by atoms with van der Waals surface area (Å²) in [7, 11) is 0. The molecule has 0 bridgehead atoms. The van der Waals surface area contributed by atoms with Gasteiger partial charge in [-0.1, -0.05) is 13.8 Å². The number of Topliss-reactive ketones (excluding diaryl/α,β-unsaturated/α-hetero) is 1. The van der Waals surface area contributed by atoms with Gasteiger partial charge in [-0.25, -0.2) is 4.79 Å². The molecular formula is C13H16O5. The molecular weight excluding hydrogens is 236 g/mol. The van der Waals surface area contributed by atoms with Gasteiger partial charge in [0.25, 0.3) is 0 Å². The van der Waals surface area contributed by atoms with Gasteiger partial charge in [0, 0.05) is 24.8 Å². The molecule has 5 nitrogen and oxygen atoms in total.